The zero-order valence-electron chi connectivity index (χ0n) is 14.3. The molecule has 1 fully saturated rings. The van der Waals surface area contributed by atoms with Gasteiger partial charge in [0.25, 0.3) is 0 Å². The number of hydrogen-bond donors (Lipinski definition) is 1. The van der Waals surface area contributed by atoms with Crippen LogP contribution in [0.4, 0.5) is 11.4 Å². The van der Waals surface area contributed by atoms with Crippen LogP contribution in [0.2, 0.25) is 0 Å². The van der Waals surface area contributed by atoms with Crippen LogP contribution in [0.25, 0.3) is 0 Å². The number of likely N-dealkylation sites (tertiary alicyclic amines) is 1. The number of piperidine rings is 1. The van der Waals surface area contributed by atoms with Crippen molar-refractivity contribution in [3.8, 4) is 11.5 Å². The summed E-state index contributed by atoms with van der Waals surface area (Å²) in [5, 5.41) is 3.37. The van der Waals surface area contributed by atoms with Crippen molar-refractivity contribution in [1.29, 1.82) is 0 Å². The van der Waals surface area contributed by atoms with Gasteiger partial charge in [-0.1, -0.05) is 6.42 Å². The molecule has 1 aliphatic rings. The van der Waals surface area contributed by atoms with Crippen LogP contribution in [0.3, 0.4) is 0 Å². The van der Waals surface area contributed by atoms with Crippen molar-refractivity contribution in [2.45, 2.75) is 19.3 Å². The molecule has 1 aliphatic heterocycles. The molecule has 0 unspecified atom stereocenters. The molecule has 2 aromatic carbocycles. The van der Waals surface area contributed by atoms with Crippen molar-refractivity contribution in [2.75, 3.05) is 38.7 Å². The number of nitrogens with zero attached hydrogens (tertiary/aromatic N) is 1. The van der Waals surface area contributed by atoms with E-state index in [-0.39, 0.29) is 0 Å². The molecule has 0 bridgehead atoms. The van der Waals surface area contributed by atoms with Gasteiger partial charge in [-0.25, -0.2) is 0 Å². The Hall–Kier alpha value is -2.20. The summed E-state index contributed by atoms with van der Waals surface area (Å²) in [6.07, 6.45) is 4.03. The van der Waals surface area contributed by atoms with Crippen LogP contribution >= 0.6 is 0 Å². The molecule has 0 aliphatic carbocycles. The standard InChI is InChI=1S/C20H26N2O2/c1-23-19-9-5-17(6-10-19)21-18-7-11-20(12-8-18)24-16-15-22-13-3-2-4-14-22/h5-12,21H,2-4,13-16H2,1H3. The normalized spacial score (nSPS) is 15.0. The van der Waals surface area contributed by atoms with Crippen LogP contribution in [0, 0.1) is 0 Å². The number of nitrogens with one attached hydrogen (secondary N) is 1. The van der Waals surface area contributed by atoms with E-state index in [0.29, 0.717) is 0 Å². The SMILES string of the molecule is COc1ccc(Nc2ccc(OCCN3CCCCC3)cc2)cc1. The van der Waals surface area contributed by atoms with Crippen LogP contribution in [0.1, 0.15) is 19.3 Å². The molecule has 0 spiro atoms. The number of benzene rings is 2. The fourth-order valence-corrected chi connectivity index (χ4v) is 2.95. The predicted molar refractivity (Wildman–Crippen MR) is 98.5 cm³/mol. The molecule has 0 aromatic heterocycles. The topological polar surface area (TPSA) is 33.7 Å². The van der Waals surface area contributed by atoms with Crippen molar-refractivity contribution in [3.63, 3.8) is 0 Å². The van der Waals surface area contributed by atoms with Crippen LogP contribution in [0.15, 0.2) is 48.5 Å². The Labute approximate surface area is 144 Å². The van der Waals surface area contributed by atoms with Crippen LogP contribution in [0.5, 0.6) is 11.5 Å². The Morgan fingerprint density at radius 2 is 1.42 bits per heavy atom. The Bertz CT molecular complexity index is 605. The molecule has 4 heteroatoms. The highest BCUT2D eigenvalue weighted by Crippen LogP contribution is 2.22. The van der Waals surface area contributed by atoms with Gasteiger partial charge in [0.2, 0.25) is 0 Å². The van der Waals surface area contributed by atoms with E-state index < -0.39 is 0 Å². The Balaban J connectivity index is 1.45. The van der Waals surface area contributed by atoms with Crippen molar-refractivity contribution in [1.82, 2.24) is 4.90 Å². The number of rotatable bonds is 7. The van der Waals surface area contributed by atoms with Crippen LogP contribution < -0.4 is 14.8 Å². The highest BCUT2D eigenvalue weighted by Gasteiger charge is 2.09. The molecule has 0 amide bonds. The lowest BCUT2D eigenvalue weighted by Crippen LogP contribution is -2.33. The molecule has 1 saturated heterocycles. The molecule has 1 N–H and O–H groups in total. The third-order valence-electron chi connectivity index (χ3n) is 4.36. The first kappa shape index (κ1) is 16.7. The summed E-state index contributed by atoms with van der Waals surface area (Å²) in [4.78, 5) is 2.49. The summed E-state index contributed by atoms with van der Waals surface area (Å²) >= 11 is 0. The minimum absolute atomic E-state index is 0.755. The molecule has 0 radical (unpaired) electrons. The first-order valence-corrected chi connectivity index (χ1v) is 8.70. The number of anilines is 2. The van der Waals surface area contributed by atoms with Crippen molar-refractivity contribution in [3.05, 3.63) is 48.5 Å². The Kier molecular flexibility index (Phi) is 5.96. The highest BCUT2D eigenvalue weighted by atomic mass is 16.5. The lowest BCUT2D eigenvalue weighted by atomic mass is 10.1. The summed E-state index contributed by atoms with van der Waals surface area (Å²) in [6.45, 7) is 4.21. The van der Waals surface area contributed by atoms with Gasteiger partial charge in [0, 0.05) is 17.9 Å². The third kappa shape index (κ3) is 4.90. The molecule has 0 atom stereocenters. The lowest BCUT2D eigenvalue weighted by molar-refractivity contribution is 0.183. The first-order chi connectivity index (χ1) is 11.8. The number of methoxy groups -OCH3 is 1. The van der Waals surface area contributed by atoms with Gasteiger partial charge < -0.3 is 14.8 Å². The monoisotopic (exact) mass is 326 g/mol. The minimum Gasteiger partial charge on any atom is -0.497 e. The summed E-state index contributed by atoms with van der Waals surface area (Å²) in [5.41, 5.74) is 2.08. The van der Waals surface area contributed by atoms with Gasteiger partial charge in [0.15, 0.2) is 0 Å². The summed E-state index contributed by atoms with van der Waals surface area (Å²) in [5.74, 6) is 1.78. The second kappa shape index (κ2) is 8.60. The molecule has 128 valence electrons. The fraction of sp³-hybridized carbons (Fsp3) is 0.400. The zero-order valence-corrected chi connectivity index (χ0v) is 14.3. The maximum atomic E-state index is 5.86. The average molecular weight is 326 g/mol. The van der Waals surface area contributed by atoms with Gasteiger partial charge in [-0.05, 0) is 74.5 Å². The molecule has 24 heavy (non-hydrogen) atoms. The van der Waals surface area contributed by atoms with Gasteiger partial charge in [0.1, 0.15) is 18.1 Å². The lowest BCUT2D eigenvalue weighted by Gasteiger charge is -2.26. The molecular weight excluding hydrogens is 300 g/mol. The minimum atomic E-state index is 0.755. The van der Waals surface area contributed by atoms with E-state index >= 15 is 0 Å². The maximum absolute atomic E-state index is 5.86. The van der Waals surface area contributed by atoms with E-state index in [1.54, 1.807) is 7.11 Å². The molecule has 3 rings (SSSR count). The molecule has 4 nitrogen and oxygen atoms in total. The van der Waals surface area contributed by atoms with Crippen LogP contribution in [-0.4, -0.2) is 38.3 Å². The quantitative estimate of drug-likeness (QED) is 0.822. The van der Waals surface area contributed by atoms with Gasteiger partial charge in [-0.15, -0.1) is 0 Å². The smallest absolute Gasteiger partial charge is 0.119 e. The number of hydrogen-bond acceptors (Lipinski definition) is 4. The van der Waals surface area contributed by atoms with E-state index in [1.165, 1.54) is 32.4 Å². The van der Waals surface area contributed by atoms with E-state index in [4.69, 9.17) is 9.47 Å². The summed E-state index contributed by atoms with van der Waals surface area (Å²) < 4.78 is 11.0. The third-order valence-corrected chi connectivity index (χ3v) is 4.36. The van der Waals surface area contributed by atoms with Gasteiger partial charge in [-0.2, -0.15) is 0 Å². The van der Waals surface area contributed by atoms with E-state index in [1.807, 2.05) is 48.5 Å². The highest BCUT2D eigenvalue weighted by molar-refractivity contribution is 5.60. The van der Waals surface area contributed by atoms with Crippen LogP contribution in [-0.2, 0) is 0 Å². The molecule has 1 heterocycles. The second-order valence-electron chi connectivity index (χ2n) is 6.13. The largest absolute Gasteiger partial charge is 0.497 e. The number of ether oxygens (including phenoxy) is 2. The average Bonchev–Trinajstić information content (AvgIpc) is 2.65. The second-order valence-corrected chi connectivity index (χ2v) is 6.13. The van der Waals surface area contributed by atoms with E-state index in [0.717, 1.165) is 36.0 Å². The van der Waals surface area contributed by atoms with Gasteiger partial charge >= 0.3 is 0 Å². The first-order valence-electron chi connectivity index (χ1n) is 8.70. The Morgan fingerprint density at radius 1 is 0.833 bits per heavy atom. The van der Waals surface area contributed by atoms with E-state index in [2.05, 4.69) is 10.2 Å². The molecular formula is C20H26N2O2. The van der Waals surface area contributed by atoms with Gasteiger partial charge in [-0.3, -0.25) is 4.90 Å². The Morgan fingerprint density at radius 3 is 2.00 bits per heavy atom. The van der Waals surface area contributed by atoms with E-state index in [9.17, 15) is 0 Å². The maximum Gasteiger partial charge on any atom is 0.119 e. The van der Waals surface area contributed by atoms with Crippen molar-refractivity contribution in [2.24, 2.45) is 0 Å². The molecule has 2 aromatic rings. The summed E-state index contributed by atoms with van der Waals surface area (Å²) in [6, 6.07) is 16.0. The van der Waals surface area contributed by atoms with Crippen molar-refractivity contribution < 1.29 is 9.47 Å². The predicted octanol–water partition coefficient (Wildman–Crippen LogP) is 4.30. The van der Waals surface area contributed by atoms with Crippen molar-refractivity contribution >= 4 is 11.4 Å². The van der Waals surface area contributed by atoms with Gasteiger partial charge in [0.05, 0.1) is 7.11 Å². The zero-order chi connectivity index (χ0) is 16.6. The molecule has 0 saturated carbocycles. The fourth-order valence-electron chi connectivity index (χ4n) is 2.95. The summed E-state index contributed by atoms with van der Waals surface area (Å²) in [7, 11) is 1.67.